The highest BCUT2D eigenvalue weighted by atomic mass is 16.5. The number of pyridine rings is 1. The van der Waals surface area contributed by atoms with Crippen LogP contribution in [-0.4, -0.2) is 27.9 Å². The normalized spacial score (nSPS) is 18.1. The van der Waals surface area contributed by atoms with Gasteiger partial charge < -0.3 is 4.74 Å². The first-order valence-electron chi connectivity index (χ1n) is 10.0. The summed E-state index contributed by atoms with van der Waals surface area (Å²) in [5, 5.41) is 0. The number of hydrogen-bond donors (Lipinski definition) is 0. The molecule has 0 amide bonds. The maximum atomic E-state index is 12.6. The standard InChI is InChI=1S/C23H27N3O2/c1-17-7-6-14-26-22(27)15-19(24-23(17)26)16-25-13-5-3-4-8-21(25)18-9-11-20(28-2)12-10-18/h6-7,9-12,14-15,21H,3-5,8,13,16H2,1-2H3/t21-/m1/s1. The summed E-state index contributed by atoms with van der Waals surface area (Å²) in [7, 11) is 1.69. The maximum absolute atomic E-state index is 12.6. The molecule has 1 saturated heterocycles. The number of nitrogens with zero attached hydrogens (tertiary/aromatic N) is 3. The maximum Gasteiger partial charge on any atom is 0.258 e. The van der Waals surface area contributed by atoms with Crippen LogP contribution in [0.5, 0.6) is 5.75 Å². The lowest BCUT2D eigenvalue weighted by Crippen LogP contribution is -2.29. The smallest absolute Gasteiger partial charge is 0.258 e. The second-order valence-electron chi connectivity index (χ2n) is 7.58. The Bertz CT molecular complexity index is 1010. The van der Waals surface area contributed by atoms with E-state index in [4.69, 9.17) is 9.72 Å². The number of ether oxygens (including phenoxy) is 1. The zero-order valence-corrected chi connectivity index (χ0v) is 16.6. The van der Waals surface area contributed by atoms with Crippen LogP contribution in [0.15, 0.2) is 53.5 Å². The monoisotopic (exact) mass is 377 g/mol. The third-order valence-electron chi connectivity index (χ3n) is 5.67. The lowest BCUT2D eigenvalue weighted by molar-refractivity contribution is 0.190. The van der Waals surface area contributed by atoms with Gasteiger partial charge in [-0.3, -0.25) is 14.1 Å². The summed E-state index contributed by atoms with van der Waals surface area (Å²) in [6.45, 7) is 3.71. The summed E-state index contributed by atoms with van der Waals surface area (Å²) < 4.78 is 6.94. The van der Waals surface area contributed by atoms with Crippen molar-refractivity contribution in [1.82, 2.24) is 14.3 Å². The summed E-state index contributed by atoms with van der Waals surface area (Å²) in [5.41, 5.74) is 3.90. The molecular formula is C23H27N3O2. The minimum atomic E-state index is -0.0143. The average Bonchev–Trinajstić information content (AvgIpc) is 2.94. The third kappa shape index (κ3) is 3.80. The molecule has 0 aliphatic carbocycles. The van der Waals surface area contributed by atoms with E-state index in [2.05, 4.69) is 17.0 Å². The SMILES string of the molecule is COc1ccc([C@H]2CCCCCN2Cc2cc(=O)n3cccc(C)c3n2)cc1. The van der Waals surface area contributed by atoms with E-state index in [0.29, 0.717) is 12.6 Å². The Hall–Kier alpha value is -2.66. The number of likely N-dealkylation sites (tertiary alicyclic amines) is 1. The molecule has 0 bridgehead atoms. The van der Waals surface area contributed by atoms with E-state index in [9.17, 15) is 4.79 Å². The van der Waals surface area contributed by atoms with Gasteiger partial charge in [-0.05, 0) is 55.6 Å². The Kier molecular flexibility index (Phi) is 5.44. The molecule has 5 heteroatoms. The second kappa shape index (κ2) is 8.15. The van der Waals surface area contributed by atoms with Crippen molar-refractivity contribution in [3.63, 3.8) is 0 Å². The van der Waals surface area contributed by atoms with Crippen LogP contribution in [-0.2, 0) is 6.54 Å². The highest BCUT2D eigenvalue weighted by molar-refractivity contribution is 5.46. The predicted molar refractivity (Wildman–Crippen MR) is 111 cm³/mol. The van der Waals surface area contributed by atoms with Crippen molar-refractivity contribution < 1.29 is 4.74 Å². The van der Waals surface area contributed by atoms with Gasteiger partial charge >= 0.3 is 0 Å². The van der Waals surface area contributed by atoms with E-state index in [0.717, 1.165) is 35.6 Å². The fourth-order valence-corrected chi connectivity index (χ4v) is 4.16. The van der Waals surface area contributed by atoms with Gasteiger partial charge in [-0.1, -0.05) is 31.0 Å². The van der Waals surface area contributed by atoms with Gasteiger partial charge in [0.15, 0.2) is 0 Å². The van der Waals surface area contributed by atoms with Crippen LogP contribution in [0.3, 0.4) is 0 Å². The predicted octanol–water partition coefficient (Wildman–Crippen LogP) is 4.13. The minimum absolute atomic E-state index is 0.0143. The number of methoxy groups -OCH3 is 1. The van der Waals surface area contributed by atoms with E-state index in [1.807, 2.05) is 31.2 Å². The van der Waals surface area contributed by atoms with Crippen LogP contribution in [0.25, 0.3) is 5.65 Å². The molecule has 0 unspecified atom stereocenters. The molecule has 0 radical (unpaired) electrons. The molecule has 1 atom stereocenters. The molecule has 3 heterocycles. The van der Waals surface area contributed by atoms with Gasteiger partial charge in [0.2, 0.25) is 0 Å². The van der Waals surface area contributed by atoms with Crippen LogP contribution in [0, 0.1) is 6.92 Å². The molecule has 1 aliphatic heterocycles. The molecule has 1 fully saturated rings. The van der Waals surface area contributed by atoms with Crippen molar-refractivity contribution in [3.05, 3.63) is 75.8 Å². The van der Waals surface area contributed by atoms with Crippen molar-refractivity contribution in [1.29, 1.82) is 0 Å². The Morgan fingerprint density at radius 3 is 2.75 bits per heavy atom. The van der Waals surface area contributed by atoms with E-state index in [1.165, 1.54) is 24.8 Å². The Morgan fingerprint density at radius 2 is 1.96 bits per heavy atom. The number of rotatable bonds is 4. The summed E-state index contributed by atoms with van der Waals surface area (Å²) in [6.07, 6.45) is 6.56. The number of hydrogen-bond acceptors (Lipinski definition) is 4. The van der Waals surface area contributed by atoms with Crippen LogP contribution in [0.2, 0.25) is 0 Å². The van der Waals surface area contributed by atoms with Crippen LogP contribution in [0.1, 0.15) is 48.5 Å². The van der Waals surface area contributed by atoms with Gasteiger partial charge in [0.05, 0.1) is 12.8 Å². The Balaban J connectivity index is 1.66. The number of aromatic nitrogens is 2. The van der Waals surface area contributed by atoms with Crippen molar-refractivity contribution in [2.75, 3.05) is 13.7 Å². The topological polar surface area (TPSA) is 46.8 Å². The van der Waals surface area contributed by atoms with E-state index in [-0.39, 0.29) is 5.56 Å². The van der Waals surface area contributed by atoms with Gasteiger partial charge in [-0.15, -0.1) is 0 Å². The molecule has 4 rings (SSSR count). The Labute approximate surface area is 165 Å². The second-order valence-corrected chi connectivity index (χ2v) is 7.58. The molecule has 0 N–H and O–H groups in total. The molecule has 1 aliphatic rings. The molecule has 28 heavy (non-hydrogen) atoms. The molecule has 2 aromatic heterocycles. The van der Waals surface area contributed by atoms with Crippen LogP contribution < -0.4 is 10.3 Å². The lowest BCUT2D eigenvalue weighted by atomic mass is 10.0. The number of benzene rings is 1. The first kappa shape index (κ1) is 18.7. The fourth-order valence-electron chi connectivity index (χ4n) is 4.16. The summed E-state index contributed by atoms with van der Waals surface area (Å²) in [4.78, 5) is 19.9. The van der Waals surface area contributed by atoms with Crippen LogP contribution in [0.4, 0.5) is 0 Å². The number of fused-ring (bicyclic) bond motifs is 1. The molecule has 146 valence electrons. The van der Waals surface area contributed by atoms with Crippen LogP contribution >= 0.6 is 0 Å². The Morgan fingerprint density at radius 1 is 1.14 bits per heavy atom. The van der Waals surface area contributed by atoms with E-state index in [1.54, 1.807) is 23.8 Å². The fraction of sp³-hybridized carbons (Fsp3) is 0.391. The largest absolute Gasteiger partial charge is 0.497 e. The van der Waals surface area contributed by atoms with E-state index < -0.39 is 0 Å². The van der Waals surface area contributed by atoms with Gasteiger partial charge in [0, 0.05) is 24.8 Å². The van der Waals surface area contributed by atoms with Crippen molar-refractivity contribution >= 4 is 5.65 Å². The van der Waals surface area contributed by atoms with Gasteiger partial charge in [-0.25, -0.2) is 4.98 Å². The molecule has 3 aromatic rings. The zero-order valence-electron chi connectivity index (χ0n) is 16.6. The summed E-state index contributed by atoms with van der Waals surface area (Å²) in [5.74, 6) is 0.878. The molecule has 0 saturated carbocycles. The first-order valence-corrected chi connectivity index (χ1v) is 10.0. The quantitative estimate of drug-likeness (QED) is 0.686. The van der Waals surface area contributed by atoms with Gasteiger partial charge in [0.25, 0.3) is 5.56 Å². The van der Waals surface area contributed by atoms with Gasteiger partial charge in [-0.2, -0.15) is 0 Å². The highest BCUT2D eigenvalue weighted by Gasteiger charge is 2.23. The third-order valence-corrected chi connectivity index (χ3v) is 5.67. The van der Waals surface area contributed by atoms with Crippen molar-refractivity contribution in [2.24, 2.45) is 0 Å². The molecular weight excluding hydrogens is 350 g/mol. The molecule has 1 aromatic carbocycles. The molecule has 5 nitrogen and oxygen atoms in total. The van der Waals surface area contributed by atoms with Crippen molar-refractivity contribution in [2.45, 2.75) is 45.2 Å². The highest BCUT2D eigenvalue weighted by Crippen LogP contribution is 2.32. The molecule has 0 spiro atoms. The average molecular weight is 377 g/mol. The first-order chi connectivity index (χ1) is 13.7. The minimum Gasteiger partial charge on any atom is -0.497 e. The summed E-state index contributed by atoms with van der Waals surface area (Å²) in [6, 6.07) is 14.3. The van der Waals surface area contributed by atoms with E-state index >= 15 is 0 Å². The van der Waals surface area contributed by atoms with Gasteiger partial charge in [0.1, 0.15) is 11.4 Å². The zero-order chi connectivity index (χ0) is 19.5. The summed E-state index contributed by atoms with van der Waals surface area (Å²) >= 11 is 0. The number of aryl methyl sites for hydroxylation is 1. The lowest BCUT2D eigenvalue weighted by Gasteiger charge is -2.30. The van der Waals surface area contributed by atoms with Crippen molar-refractivity contribution in [3.8, 4) is 5.75 Å².